The first-order chi connectivity index (χ1) is 12.5. The molecule has 0 aliphatic carbocycles. The third-order valence-electron chi connectivity index (χ3n) is 4.14. The maximum Gasteiger partial charge on any atom is 0.454 e. The molecule has 142 valence electrons. The third kappa shape index (κ3) is 4.02. The SMILES string of the molecule is Cc1ncc(-c2ccc3c(c2)c(C(=O)C(F)(F)F)cn3CC(C)(C)C)cn1. The number of alkyl halides is 3. The molecule has 1 aromatic carbocycles. The van der Waals surface area contributed by atoms with Gasteiger partial charge in [-0.25, -0.2) is 9.97 Å². The number of hydrogen-bond donors (Lipinski definition) is 0. The number of benzene rings is 1. The number of aromatic nitrogens is 3. The fraction of sp³-hybridized carbons (Fsp3) is 0.350. The number of halogens is 3. The van der Waals surface area contributed by atoms with Crippen LogP contribution in [0.2, 0.25) is 0 Å². The highest BCUT2D eigenvalue weighted by molar-refractivity contribution is 6.11. The molecule has 0 bridgehead atoms. The van der Waals surface area contributed by atoms with Crippen molar-refractivity contribution in [3.8, 4) is 11.1 Å². The van der Waals surface area contributed by atoms with Crippen LogP contribution in [0.5, 0.6) is 0 Å². The highest BCUT2D eigenvalue weighted by Crippen LogP contribution is 2.33. The second-order valence-electron chi connectivity index (χ2n) is 7.81. The molecule has 2 heterocycles. The highest BCUT2D eigenvalue weighted by Gasteiger charge is 2.41. The highest BCUT2D eigenvalue weighted by atomic mass is 19.4. The molecule has 0 radical (unpaired) electrons. The van der Waals surface area contributed by atoms with E-state index in [4.69, 9.17) is 0 Å². The molecule has 0 saturated carbocycles. The smallest absolute Gasteiger partial charge is 0.346 e. The fourth-order valence-electron chi connectivity index (χ4n) is 2.99. The molecule has 0 atom stereocenters. The monoisotopic (exact) mass is 375 g/mol. The summed E-state index contributed by atoms with van der Waals surface area (Å²) in [4.78, 5) is 20.2. The molecule has 0 fully saturated rings. The third-order valence-corrected chi connectivity index (χ3v) is 4.14. The van der Waals surface area contributed by atoms with Gasteiger partial charge < -0.3 is 4.57 Å². The number of ketones is 1. The van der Waals surface area contributed by atoms with Gasteiger partial charge in [0, 0.05) is 41.6 Å². The van der Waals surface area contributed by atoms with E-state index in [1.54, 1.807) is 42.1 Å². The van der Waals surface area contributed by atoms with E-state index in [-0.39, 0.29) is 16.4 Å². The summed E-state index contributed by atoms with van der Waals surface area (Å²) < 4.78 is 41.0. The van der Waals surface area contributed by atoms with E-state index in [9.17, 15) is 18.0 Å². The lowest BCUT2D eigenvalue weighted by atomic mass is 9.97. The Bertz CT molecular complexity index is 996. The van der Waals surface area contributed by atoms with Crippen LogP contribution in [0.25, 0.3) is 22.0 Å². The Morgan fingerprint density at radius 2 is 1.70 bits per heavy atom. The second kappa shape index (κ2) is 6.48. The van der Waals surface area contributed by atoms with Crippen molar-refractivity contribution in [1.29, 1.82) is 0 Å². The molecule has 0 saturated heterocycles. The Balaban J connectivity index is 2.20. The minimum absolute atomic E-state index is 0.159. The van der Waals surface area contributed by atoms with E-state index in [1.165, 1.54) is 6.20 Å². The van der Waals surface area contributed by atoms with Crippen LogP contribution in [0.15, 0.2) is 36.8 Å². The number of aryl methyl sites for hydroxylation is 1. The molecule has 4 nitrogen and oxygen atoms in total. The van der Waals surface area contributed by atoms with E-state index < -0.39 is 12.0 Å². The van der Waals surface area contributed by atoms with E-state index in [2.05, 4.69) is 9.97 Å². The van der Waals surface area contributed by atoms with Gasteiger partial charge in [0.25, 0.3) is 5.78 Å². The van der Waals surface area contributed by atoms with E-state index >= 15 is 0 Å². The standard InChI is InChI=1S/C20H20F3N3O/c1-12-24-8-14(9-25-12)13-5-6-17-15(7-13)16(18(27)20(21,22)23)10-26(17)11-19(2,3)4/h5-10H,11H2,1-4H3. The summed E-state index contributed by atoms with van der Waals surface area (Å²) in [6.07, 6.45) is -0.396. The molecular weight excluding hydrogens is 355 g/mol. The van der Waals surface area contributed by atoms with Gasteiger partial charge in [-0.15, -0.1) is 0 Å². The number of hydrogen-bond acceptors (Lipinski definition) is 3. The Labute approximate surface area is 155 Å². The van der Waals surface area contributed by atoms with Crippen molar-refractivity contribution in [3.63, 3.8) is 0 Å². The molecule has 7 heteroatoms. The van der Waals surface area contributed by atoms with Gasteiger partial charge >= 0.3 is 6.18 Å². The van der Waals surface area contributed by atoms with Gasteiger partial charge in [0.1, 0.15) is 5.82 Å². The topological polar surface area (TPSA) is 47.8 Å². The lowest BCUT2D eigenvalue weighted by Gasteiger charge is -2.19. The van der Waals surface area contributed by atoms with Gasteiger partial charge in [0.2, 0.25) is 0 Å². The number of nitrogens with zero attached hydrogens (tertiary/aromatic N) is 3. The summed E-state index contributed by atoms with van der Waals surface area (Å²) in [5.41, 5.74) is 1.43. The van der Waals surface area contributed by atoms with Crippen LogP contribution in [0.3, 0.4) is 0 Å². The zero-order valence-electron chi connectivity index (χ0n) is 15.6. The molecule has 0 N–H and O–H groups in total. The molecule has 3 rings (SSSR count). The molecule has 27 heavy (non-hydrogen) atoms. The predicted molar refractivity (Wildman–Crippen MR) is 97.5 cm³/mol. The van der Waals surface area contributed by atoms with Gasteiger partial charge in [-0.05, 0) is 30.0 Å². The van der Waals surface area contributed by atoms with Crippen molar-refractivity contribution < 1.29 is 18.0 Å². The van der Waals surface area contributed by atoms with Crippen LogP contribution in [-0.4, -0.2) is 26.5 Å². The summed E-state index contributed by atoms with van der Waals surface area (Å²) in [6, 6.07) is 5.14. The van der Waals surface area contributed by atoms with Crippen LogP contribution in [0.4, 0.5) is 13.2 Å². The lowest BCUT2D eigenvalue weighted by Crippen LogP contribution is -2.22. The Morgan fingerprint density at radius 3 is 2.26 bits per heavy atom. The first kappa shape index (κ1) is 19.1. The summed E-state index contributed by atoms with van der Waals surface area (Å²) in [7, 11) is 0. The normalized spacial score (nSPS) is 12.6. The number of rotatable bonds is 3. The summed E-state index contributed by atoms with van der Waals surface area (Å²) in [5.74, 6) is -1.23. The number of carbonyl (C=O) groups excluding carboxylic acids is 1. The Morgan fingerprint density at radius 1 is 1.07 bits per heavy atom. The van der Waals surface area contributed by atoms with Crippen molar-refractivity contribution in [1.82, 2.24) is 14.5 Å². The minimum atomic E-state index is -4.93. The zero-order chi connectivity index (χ0) is 20.0. The van der Waals surface area contributed by atoms with Crippen molar-refractivity contribution >= 4 is 16.7 Å². The largest absolute Gasteiger partial charge is 0.454 e. The molecule has 0 aliphatic heterocycles. The molecule has 0 amide bonds. The van der Waals surface area contributed by atoms with Crippen molar-refractivity contribution in [2.75, 3.05) is 0 Å². The molecule has 3 aromatic rings. The maximum absolute atomic E-state index is 13.1. The van der Waals surface area contributed by atoms with Crippen molar-refractivity contribution in [3.05, 3.63) is 48.2 Å². The predicted octanol–water partition coefficient (Wildman–Crippen LogP) is 5.20. The zero-order valence-corrected chi connectivity index (χ0v) is 15.6. The average Bonchev–Trinajstić information content (AvgIpc) is 2.90. The van der Waals surface area contributed by atoms with E-state index in [1.807, 2.05) is 20.8 Å². The lowest BCUT2D eigenvalue weighted by molar-refractivity contribution is -0.0884. The molecule has 0 aliphatic rings. The van der Waals surface area contributed by atoms with E-state index in [0.717, 1.165) is 0 Å². The van der Waals surface area contributed by atoms with Crippen molar-refractivity contribution in [2.45, 2.75) is 40.4 Å². The molecule has 0 spiro atoms. The van der Waals surface area contributed by atoms with Crippen LogP contribution < -0.4 is 0 Å². The maximum atomic E-state index is 13.1. The first-order valence-corrected chi connectivity index (χ1v) is 8.49. The average molecular weight is 375 g/mol. The summed E-state index contributed by atoms with van der Waals surface area (Å²) >= 11 is 0. The van der Waals surface area contributed by atoms with Crippen molar-refractivity contribution in [2.24, 2.45) is 5.41 Å². The van der Waals surface area contributed by atoms with Gasteiger partial charge in [-0.2, -0.15) is 13.2 Å². The van der Waals surface area contributed by atoms with Gasteiger partial charge in [-0.1, -0.05) is 26.8 Å². The van der Waals surface area contributed by atoms with Crippen LogP contribution in [0.1, 0.15) is 37.0 Å². The van der Waals surface area contributed by atoms with Crippen LogP contribution >= 0.6 is 0 Å². The quantitative estimate of drug-likeness (QED) is 0.591. The Hall–Kier alpha value is -2.70. The second-order valence-corrected chi connectivity index (χ2v) is 7.81. The van der Waals surface area contributed by atoms with Gasteiger partial charge in [0.05, 0.1) is 5.56 Å². The minimum Gasteiger partial charge on any atom is -0.346 e. The van der Waals surface area contributed by atoms with Gasteiger partial charge in [0.15, 0.2) is 0 Å². The van der Waals surface area contributed by atoms with Gasteiger partial charge in [-0.3, -0.25) is 4.79 Å². The molecular formula is C20H20F3N3O. The Kier molecular flexibility index (Phi) is 4.57. The fourth-order valence-corrected chi connectivity index (χ4v) is 2.99. The summed E-state index contributed by atoms with van der Waals surface area (Å²) in [6.45, 7) is 8.20. The molecule has 2 aromatic heterocycles. The van der Waals surface area contributed by atoms with E-state index in [0.29, 0.717) is 29.0 Å². The first-order valence-electron chi connectivity index (χ1n) is 8.49. The number of Topliss-reactive ketones (excluding diaryl/α,β-unsaturated/α-hetero) is 1. The number of carbonyl (C=O) groups is 1. The van der Waals surface area contributed by atoms with Crippen LogP contribution in [-0.2, 0) is 6.54 Å². The summed E-state index contributed by atoms with van der Waals surface area (Å²) in [5, 5.41) is 0.277. The number of fused-ring (bicyclic) bond motifs is 1. The van der Waals surface area contributed by atoms with Crippen LogP contribution in [0, 0.1) is 12.3 Å². The molecule has 0 unspecified atom stereocenters.